The highest BCUT2D eigenvalue weighted by Crippen LogP contribution is 2.23. The van der Waals surface area contributed by atoms with E-state index >= 15 is 0 Å². The van der Waals surface area contributed by atoms with Crippen molar-refractivity contribution in [3.05, 3.63) is 59.0 Å². The Morgan fingerprint density at radius 1 is 1.20 bits per heavy atom. The predicted octanol–water partition coefficient (Wildman–Crippen LogP) is 2.94. The van der Waals surface area contributed by atoms with Gasteiger partial charge in [-0.25, -0.2) is 0 Å². The molecule has 0 radical (unpaired) electrons. The summed E-state index contributed by atoms with van der Waals surface area (Å²) in [5.74, 6) is 0.807. The Bertz CT molecular complexity index is 446. The first-order chi connectivity index (χ1) is 7.18. The molecule has 2 N–H and O–H groups in total. The number of benzene rings is 1. The molecular weight excluding hydrogens is 186 g/mol. The monoisotopic (exact) mass is 201 g/mol. The zero-order valence-corrected chi connectivity index (χ0v) is 9.03. The molecule has 78 valence electrons. The van der Waals surface area contributed by atoms with Gasteiger partial charge >= 0.3 is 0 Å². The summed E-state index contributed by atoms with van der Waals surface area (Å²) in [4.78, 5) is 0. The van der Waals surface area contributed by atoms with Gasteiger partial charge in [0.1, 0.15) is 5.76 Å². The standard InChI is InChI=1S/C13H15NO/c1-9-5-6-11(10(2)8-9)13(14)12-4-3-7-15-12/h3-8,13H,14H2,1-2H3/t13-/m0/s1. The summed E-state index contributed by atoms with van der Waals surface area (Å²) in [7, 11) is 0. The Kier molecular flexibility index (Phi) is 2.60. The van der Waals surface area contributed by atoms with Crippen LogP contribution in [0.1, 0.15) is 28.5 Å². The summed E-state index contributed by atoms with van der Waals surface area (Å²) in [6.45, 7) is 4.15. The summed E-state index contributed by atoms with van der Waals surface area (Å²) in [5.41, 5.74) is 9.70. The molecule has 0 aliphatic heterocycles. The van der Waals surface area contributed by atoms with Gasteiger partial charge in [0, 0.05) is 0 Å². The maximum absolute atomic E-state index is 6.12. The first-order valence-electron chi connectivity index (χ1n) is 5.04. The van der Waals surface area contributed by atoms with E-state index in [4.69, 9.17) is 10.2 Å². The van der Waals surface area contributed by atoms with E-state index in [0.29, 0.717) is 0 Å². The molecule has 0 saturated carbocycles. The van der Waals surface area contributed by atoms with E-state index in [-0.39, 0.29) is 6.04 Å². The van der Waals surface area contributed by atoms with Gasteiger partial charge < -0.3 is 10.2 Å². The van der Waals surface area contributed by atoms with Crippen LogP contribution in [0.4, 0.5) is 0 Å². The van der Waals surface area contributed by atoms with E-state index in [1.165, 1.54) is 11.1 Å². The Labute approximate surface area is 89.7 Å². The highest BCUT2D eigenvalue weighted by atomic mass is 16.3. The molecule has 0 fully saturated rings. The third kappa shape index (κ3) is 1.95. The summed E-state index contributed by atoms with van der Waals surface area (Å²) >= 11 is 0. The second kappa shape index (κ2) is 3.91. The van der Waals surface area contributed by atoms with Crippen LogP contribution in [-0.4, -0.2) is 0 Å². The van der Waals surface area contributed by atoms with Crippen molar-refractivity contribution in [2.24, 2.45) is 5.73 Å². The Balaban J connectivity index is 2.38. The fraction of sp³-hybridized carbons (Fsp3) is 0.231. The molecule has 1 aromatic carbocycles. The number of nitrogens with two attached hydrogens (primary N) is 1. The van der Waals surface area contributed by atoms with E-state index in [1.54, 1.807) is 6.26 Å². The second-order valence-electron chi connectivity index (χ2n) is 3.85. The summed E-state index contributed by atoms with van der Waals surface area (Å²) in [5, 5.41) is 0. The van der Waals surface area contributed by atoms with Crippen LogP contribution in [0.3, 0.4) is 0 Å². The Morgan fingerprint density at radius 2 is 2.00 bits per heavy atom. The first-order valence-corrected chi connectivity index (χ1v) is 5.04. The quantitative estimate of drug-likeness (QED) is 0.811. The van der Waals surface area contributed by atoms with Crippen LogP contribution in [0.15, 0.2) is 41.0 Å². The third-order valence-electron chi connectivity index (χ3n) is 2.61. The lowest BCUT2D eigenvalue weighted by Gasteiger charge is -2.12. The molecule has 2 rings (SSSR count). The minimum Gasteiger partial charge on any atom is -0.467 e. The van der Waals surface area contributed by atoms with E-state index < -0.39 is 0 Å². The van der Waals surface area contributed by atoms with Gasteiger partial charge in [-0.2, -0.15) is 0 Å². The largest absolute Gasteiger partial charge is 0.467 e. The fourth-order valence-electron chi connectivity index (χ4n) is 1.80. The second-order valence-corrected chi connectivity index (χ2v) is 3.85. The summed E-state index contributed by atoms with van der Waals surface area (Å²) in [6, 6.07) is 9.88. The predicted molar refractivity (Wildman–Crippen MR) is 60.7 cm³/mol. The molecule has 0 saturated heterocycles. The van der Waals surface area contributed by atoms with Crippen LogP contribution in [-0.2, 0) is 0 Å². The van der Waals surface area contributed by atoms with Crippen LogP contribution in [0.5, 0.6) is 0 Å². The minimum atomic E-state index is -0.166. The molecule has 0 amide bonds. The van der Waals surface area contributed by atoms with E-state index in [0.717, 1.165) is 11.3 Å². The molecule has 0 unspecified atom stereocenters. The van der Waals surface area contributed by atoms with Crippen molar-refractivity contribution in [3.63, 3.8) is 0 Å². The highest BCUT2D eigenvalue weighted by Gasteiger charge is 2.13. The van der Waals surface area contributed by atoms with Gasteiger partial charge in [-0.05, 0) is 37.1 Å². The fourth-order valence-corrected chi connectivity index (χ4v) is 1.80. The van der Waals surface area contributed by atoms with Gasteiger partial charge in [0.05, 0.1) is 12.3 Å². The molecule has 15 heavy (non-hydrogen) atoms. The number of rotatable bonds is 2. The Morgan fingerprint density at radius 3 is 2.60 bits per heavy atom. The van der Waals surface area contributed by atoms with Crippen molar-refractivity contribution in [3.8, 4) is 0 Å². The summed E-state index contributed by atoms with van der Waals surface area (Å²) < 4.78 is 5.31. The van der Waals surface area contributed by atoms with Gasteiger partial charge in [-0.3, -0.25) is 0 Å². The number of furan rings is 1. The minimum absolute atomic E-state index is 0.166. The van der Waals surface area contributed by atoms with E-state index in [9.17, 15) is 0 Å². The maximum Gasteiger partial charge on any atom is 0.125 e. The lowest BCUT2D eigenvalue weighted by molar-refractivity contribution is 0.489. The van der Waals surface area contributed by atoms with Gasteiger partial charge in [-0.15, -0.1) is 0 Å². The van der Waals surface area contributed by atoms with Gasteiger partial charge in [0.25, 0.3) is 0 Å². The van der Waals surface area contributed by atoms with Gasteiger partial charge in [0.2, 0.25) is 0 Å². The third-order valence-corrected chi connectivity index (χ3v) is 2.61. The van der Waals surface area contributed by atoms with Crippen molar-refractivity contribution in [2.75, 3.05) is 0 Å². The van der Waals surface area contributed by atoms with Crippen LogP contribution in [0.25, 0.3) is 0 Å². The lowest BCUT2D eigenvalue weighted by Crippen LogP contribution is -2.12. The van der Waals surface area contributed by atoms with Crippen LogP contribution >= 0.6 is 0 Å². The normalized spacial score (nSPS) is 12.7. The molecule has 2 heteroatoms. The molecule has 0 aliphatic rings. The molecule has 1 heterocycles. The zero-order valence-electron chi connectivity index (χ0n) is 9.03. The van der Waals surface area contributed by atoms with Crippen molar-refractivity contribution in [1.29, 1.82) is 0 Å². The van der Waals surface area contributed by atoms with Crippen LogP contribution < -0.4 is 5.73 Å². The smallest absolute Gasteiger partial charge is 0.125 e. The van der Waals surface area contributed by atoms with Crippen molar-refractivity contribution < 1.29 is 4.42 Å². The van der Waals surface area contributed by atoms with Gasteiger partial charge in [-0.1, -0.05) is 23.8 Å². The van der Waals surface area contributed by atoms with E-state index in [2.05, 4.69) is 32.0 Å². The van der Waals surface area contributed by atoms with Crippen LogP contribution in [0.2, 0.25) is 0 Å². The molecule has 0 aliphatic carbocycles. The average molecular weight is 201 g/mol. The topological polar surface area (TPSA) is 39.2 Å². The Hall–Kier alpha value is -1.54. The average Bonchev–Trinajstić information content (AvgIpc) is 2.69. The lowest BCUT2D eigenvalue weighted by atomic mass is 9.98. The first kappa shape index (κ1) is 9.99. The van der Waals surface area contributed by atoms with Gasteiger partial charge in [0.15, 0.2) is 0 Å². The summed E-state index contributed by atoms with van der Waals surface area (Å²) in [6.07, 6.45) is 1.65. The molecule has 0 bridgehead atoms. The SMILES string of the molecule is Cc1ccc([C@H](N)c2ccco2)c(C)c1. The van der Waals surface area contributed by atoms with Crippen molar-refractivity contribution in [2.45, 2.75) is 19.9 Å². The molecule has 2 aromatic rings. The molecule has 1 aromatic heterocycles. The maximum atomic E-state index is 6.12. The number of hydrogen-bond acceptors (Lipinski definition) is 2. The molecule has 2 nitrogen and oxygen atoms in total. The molecular formula is C13H15NO. The highest BCUT2D eigenvalue weighted by molar-refractivity contribution is 5.35. The van der Waals surface area contributed by atoms with E-state index in [1.807, 2.05) is 12.1 Å². The number of hydrogen-bond donors (Lipinski definition) is 1. The van der Waals surface area contributed by atoms with Crippen molar-refractivity contribution in [1.82, 2.24) is 0 Å². The zero-order chi connectivity index (χ0) is 10.8. The number of aryl methyl sites for hydroxylation is 2. The van der Waals surface area contributed by atoms with Crippen molar-refractivity contribution >= 4 is 0 Å². The molecule has 1 atom stereocenters. The van der Waals surface area contributed by atoms with Crippen LogP contribution in [0, 0.1) is 13.8 Å². The molecule has 0 spiro atoms.